The van der Waals surface area contributed by atoms with Gasteiger partial charge in [-0.3, -0.25) is 0 Å². The van der Waals surface area contributed by atoms with E-state index in [0.717, 1.165) is 82.8 Å². The van der Waals surface area contributed by atoms with Crippen molar-refractivity contribution in [2.24, 2.45) is 5.92 Å². The van der Waals surface area contributed by atoms with Crippen LogP contribution in [0.4, 0.5) is 56.9 Å². The fourth-order valence-corrected chi connectivity index (χ4v) is 22.1. The van der Waals surface area contributed by atoms with Crippen LogP contribution in [0.1, 0.15) is 168 Å². The van der Waals surface area contributed by atoms with Crippen LogP contribution in [0.3, 0.4) is 0 Å². The number of anilines is 10. The van der Waals surface area contributed by atoms with Crippen molar-refractivity contribution in [2.45, 2.75) is 135 Å². The van der Waals surface area contributed by atoms with Gasteiger partial charge in [-0.05, 0) is 254 Å². The van der Waals surface area contributed by atoms with Gasteiger partial charge in [-0.25, -0.2) is 0 Å². The first-order chi connectivity index (χ1) is 58.2. The number of fused-ring (bicyclic) bond motifs is 15. The zero-order chi connectivity index (χ0) is 81.5. The molecule has 9 aliphatic rings. The fraction of sp³-hybridized carbons (Fsp3) is 0.193. The lowest BCUT2D eigenvalue weighted by Crippen LogP contribution is -2.38. The van der Waals surface area contributed by atoms with Gasteiger partial charge in [0.25, 0.3) is 0 Å². The Hall–Kier alpha value is -13.2. The number of allylic oxidation sites excluding steroid dienone is 11. The summed E-state index contributed by atoms with van der Waals surface area (Å²) in [6.07, 6.45) is 27.8. The Bertz CT molecular complexity index is 6740. The number of rotatable bonds is 12. The molecule has 5 aliphatic carbocycles. The molecule has 586 valence electrons. The standard InChI is InChI=1S/C114H98N4O2/c1-71(115-98-37-16-12-33-88(98)111(5,6)89-34-13-17-38-99(89)115)49-59-80-72(2)110(3,4)92-65-73(53-60-82(80)92)50-51-74-54-61-83-86-64-58-79(69-96(86)112(7,8)93(83)66-74)117-104-43-22-25-48-108(104)120-109-77(30-27-45-105(109)117)70-114(11)90-35-14-18-39-100(90)118(101-40-19-15-36-91(101)114)97-44-28-31-81-76(29-26-32-87(81)97)56-52-75-55-62-84-85-63-57-78(68-95(85)113(9,10)94(84)67-75)116-102-41-20-23-46-106(102)119-107-47-24-21-42-103(107)116/h12-14,16-35,37-53,55-69,71,74H,15,36,54,70H2,1-11H3. The van der Waals surface area contributed by atoms with E-state index in [1.54, 1.807) is 0 Å². The molecule has 13 aromatic rings. The maximum Gasteiger partial charge on any atom is 0.154 e. The van der Waals surface area contributed by atoms with Gasteiger partial charge < -0.3 is 29.1 Å². The molecule has 3 atom stereocenters. The molecular formula is C114H98N4O2. The summed E-state index contributed by atoms with van der Waals surface area (Å²) in [5.74, 6) is 3.74. The smallest absolute Gasteiger partial charge is 0.154 e. The van der Waals surface area contributed by atoms with Crippen molar-refractivity contribution in [2.75, 3.05) is 19.6 Å². The lowest BCUT2D eigenvalue weighted by molar-refractivity contribution is 0.454. The molecule has 0 aromatic heterocycles. The van der Waals surface area contributed by atoms with Crippen molar-refractivity contribution in [1.82, 2.24) is 0 Å². The summed E-state index contributed by atoms with van der Waals surface area (Å²) in [7, 11) is 0. The Labute approximate surface area is 706 Å². The lowest BCUT2D eigenvalue weighted by atomic mass is 9.66. The van der Waals surface area contributed by atoms with Crippen molar-refractivity contribution in [3.05, 3.63) is 410 Å². The number of hydrogen-bond donors (Lipinski definition) is 0. The highest BCUT2D eigenvalue weighted by Crippen LogP contribution is 2.62. The molecule has 0 spiro atoms. The minimum Gasteiger partial charge on any atom is -0.453 e. The predicted octanol–water partition coefficient (Wildman–Crippen LogP) is 30.5. The van der Waals surface area contributed by atoms with Crippen LogP contribution >= 0.6 is 0 Å². The number of ether oxygens (including phenoxy) is 2. The zero-order valence-electron chi connectivity index (χ0n) is 70.3. The van der Waals surface area contributed by atoms with E-state index < -0.39 is 0 Å². The normalized spacial score (nSPS) is 19.4. The number of hydrogen-bond acceptors (Lipinski definition) is 6. The van der Waals surface area contributed by atoms with Crippen LogP contribution in [0.25, 0.3) is 51.3 Å². The third-order valence-corrected chi connectivity index (χ3v) is 28.6. The van der Waals surface area contributed by atoms with Crippen LogP contribution in [0.2, 0.25) is 0 Å². The Morgan fingerprint density at radius 3 is 1.64 bits per heavy atom. The predicted molar refractivity (Wildman–Crippen MR) is 502 cm³/mol. The molecule has 120 heavy (non-hydrogen) atoms. The highest BCUT2D eigenvalue weighted by atomic mass is 16.5. The molecule has 0 amide bonds. The first-order valence-electron chi connectivity index (χ1n) is 43.1. The third-order valence-electron chi connectivity index (χ3n) is 28.6. The molecule has 0 saturated carbocycles. The second kappa shape index (κ2) is 27.2. The largest absolute Gasteiger partial charge is 0.453 e. The van der Waals surface area contributed by atoms with Crippen LogP contribution in [0.15, 0.2) is 338 Å². The van der Waals surface area contributed by atoms with E-state index in [1.807, 2.05) is 12.1 Å². The average Bonchev–Trinajstić information content (AvgIpc) is 0.822. The second-order valence-corrected chi connectivity index (χ2v) is 36.8. The molecule has 4 heterocycles. The second-order valence-electron chi connectivity index (χ2n) is 36.8. The topological polar surface area (TPSA) is 31.4 Å². The molecule has 3 unspecified atom stereocenters. The number of para-hydroxylation sites is 10. The van der Waals surface area contributed by atoms with Gasteiger partial charge in [-0.2, -0.15) is 0 Å². The molecule has 6 heteroatoms. The van der Waals surface area contributed by atoms with Crippen LogP contribution < -0.4 is 29.1 Å². The zero-order valence-corrected chi connectivity index (χ0v) is 70.3. The van der Waals surface area contributed by atoms with Gasteiger partial charge in [0.15, 0.2) is 23.0 Å². The molecule has 6 nitrogen and oxygen atoms in total. The van der Waals surface area contributed by atoms with Crippen molar-refractivity contribution >= 4 is 97.0 Å². The van der Waals surface area contributed by atoms with Gasteiger partial charge >= 0.3 is 0 Å². The SMILES string of the molecule is CC1=C(C=CC(C)N2c3ccccc3C(C)(C)c3ccccc32)c2ccc(C=CC3C=C4C(=CC3)c3ccc(N5c6ccccc6Oc6c(CC7(C)C8=C(C=CCC8)N(c8cccc9c(C=Cc%10ccc%11c(c%10)C(C)(C)c%10cc(N%12c%13ccccc%13Oc%13ccccc%13%12)ccc%10-%11)cccc89)c8ccccc87)cccc65)cc3C4(C)C)cc2C1(C)C. The fourth-order valence-electron chi connectivity index (χ4n) is 22.1. The van der Waals surface area contributed by atoms with E-state index in [9.17, 15) is 0 Å². The van der Waals surface area contributed by atoms with Crippen molar-refractivity contribution in [3.8, 4) is 34.1 Å². The monoisotopic (exact) mass is 1550 g/mol. The van der Waals surface area contributed by atoms with Gasteiger partial charge in [0.1, 0.15) is 0 Å². The summed E-state index contributed by atoms with van der Waals surface area (Å²) in [6, 6.07) is 102. The van der Waals surface area contributed by atoms with Gasteiger partial charge in [0, 0.05) is 66.9 Å². The van der Waals surface area contributed by atoms with E-state index in [2.05, 4.69) is 417 Å². The quantitative estimate of drug-likeness (QED) is 0.113. The van der Waals surface area contributed by atoms with Crippen molar-refractivity contribution < 1.29 is 9.47 Å². The van der Waals surface area contributed by atoms with Crippen molar-refractivity contribution in [3.63, 3.8) is 0 Å². The maximum absolute atomic E-state index is 7.31. The Morgan fingerprint density at radius 2 is 0.950 bits per heavy atom. The van der Waals surface area contributed by atoms with Crippen molar-refractivity contribution in [1.29, 1.82) is 0 Å². The Kier molecular flexibility index (Phi) is 16.6. The molecule has 0 bridgehead atoms. The van der Waals surface area contributed by atoms with Crippen LogP contribution in [0.5, 0.6) is 23.0 Å². The molecule has 13 aromatic carbocycles. The van der Waals surface area contributed by atoms with E-state index in [1.165, 1.54) is 151 Å². The number of nitrogens with zero attached hydrogens (tertiary/aromatic N) is 4. The first-order valence-corrected chi connectivity index (χ1v) is 43.1. The first kappa shape index (κ1) is 73.2. The Balaban J connectivity index is 0.531. The summed E-state index contributed by atoms with van der Waals surface area (Å²) < 4.78 is 13.7. The third kappa shape index (κ3) is 11.1. The van der Waals surface area contributed by atoms with Crippen LogP contribution in [0, 0.1) is 5.92 Å². The highest BCUT2D eigenvalue weighted by molar-refractivity contribution is 6.04. The molecule has 0 radical (unpaired) electrons. The van der Waals surface area contributed by atoms with Crippen LogP contribution in [-0.4, -0.2) is 6.04 Å². The summed E-state index contributed by atoms with van der Waals surface area (Å²) in [5, 5.41) is 2.43. The minimum absolute atomic E-state index is 0.0856. The number of benzene rings is 13. The maximum atomic E-state index is 7.31. The van der Waals surface area contributed by atoms with E-state index >= 15 is 0 Å². The lowest BCUT2D eigenvalue weighted by Gasteiger charge is -2.46. The van der Waals surface area contributed by atoms with E-state index in [4.69, 9.17) is 9.47 Å². The molecule has 22 rings (SSSR count). The molecular weight excluding hydrogens is 1460 g/mol. The average molecular weight is 1560 g/mol. The summed E-state index contributed by atoms with van der Waals surface area (Å²) in [6.45, 7) is 26.3. The minimum atomic E-state index is -0.381. The highest BCUT2D eigenvalue weighted by Gasteiger charge is 2.47. The molecule has 4 aliphatic heterocycles. The van der Waals surface area contributed by atoms with Crippen LogP contribution in [-0.2, 0) is 33.5 Å². The van der Waals surface area contributed by atoms with Gasteiger partial charge in [0.05, 0.1) is 34.1 Å². The van der Waals surface area contributed by atoms with Gasteiger partial charge in [-0.1, -0.05) is 305 Å². The molecule has 0 N–H and O–H groups in total. The summed E-state index contributed by atoms with van der Waals surface area (Å²) in [4.78, 5) is 9.93. The van der Waals surface area contributed by atoms with Gasteiger partial charge in [0.2, 0.25) is 0 Å². The molecule has 0 saturated heterocycles. The molecule has 0 fully saturated rings. The summed E-state index contributed by atoms with van der Waals surface area (Å²) >= 11 is 0. The summed E-state index contributed by atoms with van der Waals surface area (Å²) in [5.41, 5.74) is 38.1. The Morgan fingerprint density at radius 1 is 0.425 bits per heavy atom. The van der Waals surface area contributed by atoms with E-state index in [0.29, 0.717) is 0 Å². The van der Waals surface area contributed by atoms with Gasteiger partial charge in [-0.15, -0.1) is 0 Å². The van der Waals surface area contributed by atoms with E-state index in [-0.39, 0.29) is 39.0 Å².